The third-order valence-corrected chi connectivity index (χ3v) is 18.7. The van der Waals surface area contributed by atoms with E-state index in [-0.39, 0.29) is 25.7 Å². The van der Waals surface area contributed by atoms with Gasteiger partial charge in [0.05, 0.1) is 26.4 Å². The van der Waals surface area contributed by atoms with Crippen molar-refractivity contribution < 1.29 is 80.2 Å². The molecule has 0 rings (SSSR count). The predicted octanol–water partition coefficient (Wildman–Crippen LogP) is 20.9. The standard InChI is InChI=1S/C73H142O17P2/c1-63(2)49-41-33-25-19-14-12-10-9-11-13-15-22-28-37-45-53-70(75)83-59-68(89-72(77)55-47-39-29-23-17-16-20-26-34-42-50-64(3)4)61-87-91(79,80)85-57-67(74)58-86-92(81,82)88-62-69(60-84-71(76)54-46-38-32-31-36-44-52-66(7)8)90-73(78)56-48-40-30-24-18-21-27-35-43-51-65(5)6/h63-69,74H,9-62H2,1-8H3,(H,79,80)(H,81,82)/t67-,68-,69-/m1/s1. The van der Waals surface area contributed by atoms with Crippen LogP contribution in [0.3, 0.4) is 0 Å². The van der Waals surface area contributed by atoms with Crippen LogP contribution >= 0.6 is 15.6 Å². The summed E-state index contributed by atoms with van der Waals surface area (Å²) in [7, 11) is -9.91. The number of aliphatic hydroxyl groups is 1. The summed E-state index contributed by atoms with van der Waals surface area (Å²) in [6, 6.07) is 0. The zero-order chi connectivity index (χ0) is 68.2. The normalized spacial score (nSPS) is 14.2. The minimum Gasteiger partial charge on any atom is -0.462 e. The van der Waals surface area contributed by atoms with Crippen LogP contribution in [0.4, 0.5) is 0 Å². The van der Waals surface area contributed by atoms with Gasteiger partial charge in [-0.05, 0) is 49.4 Å². The highest BCUT2D eigenvalue weighted by molar-refractivity contribution is 7.47. The first-order valence-corrected chi connectivity index (χ1v) is 40.7. The lowest BCUT2D eigenvalue weighted by atomic mass is 10.0. The number of carbonyl (C=O) groups is 4. The molecule has 0 aliphatic heterocycles. The molecule has 19 heteroatoms. The van der Waals surface area contributed by atoms with Gasteiger partial charge in [-0.2, -0.15) is 0 Å². The molecule has 3 N–H and O–H groups in total. The molecule has 92 heavy (non-hydrogen) atoms. The molecule has 2 unspecified atom stereocenters. The van der Waals surface area contributed by atoms with Crippen molar-refractivity contribution in [2.24, 2.45) is 23.7 Å². The van der Waals surface area contributed by atoms with E-state index in [2.05, 4.69) is 55.4 Å². The number of esters is 4. The SMILES string of the molecule is CC(C)CCCCCCCCCCCCCCCCCC(=O)OC[C@H](COP(=O)(O)OC[C@@H](O)COP(=O)(O)OC[C@@H](COC(=O)CCCCCCCCC(C)C)OC(=O)CCCCCCCCCCCC(C)C)OC(=O)CCCCCCCCCCCCC(C)C. The molecule has 546 valence electrons. The Hall–Kier alpha value is -1.94. The van der Waals surface area contributed by atoms with Crippen molar-refractivity contribution in [3.8, 4) is 0 Å². The average Bonchev–Trinajstić information content (AvgIpc) is 2.49. The highest BCUT2D eigenvalue weighted by Crippen LogP contribution is 2.45. The molecule has 0 heterocycles. The lowest BCUT2D eigenvalue weighted by Gasteiger charge is -2.21. The van der Waals surface area contributed by atoms with E-state index < -0.39 is 97.5 Å². The van der Waals surface area contributed by atoms with E-state index >= 15 is 0 Å². The minimum absolute atomic E-state index is 0.104. The van der Waals surface area contributed by atoms with E-state index in [4.69, 9.17) is 37.0 Å². The summed E-state index contributed by atoms with van der Waals surface area (Å²) < 4.78 is 68.4. The molecule has 5 atom stereocenters. The van der Waals surface area contributed by atoms with E-state index in [0.29, 0.717) is 31.6 Å². The Morgan fingerprint density at radius 2 is 0.457 bits per heavy atom. The average molecular weight is 1350 g/mol. The van der Waals surface area contributed by atoms with Gasteiger partial charge < -0.3 is 33.8 Å². The highest BCUT2D eigenvalue weighted by Gasteiger charge is 2.30. The van der Waals surface area contributed by atoms with Crippen molar-refractivity contribution in [2.75, 3.05) is 39.6 Å². The fourth-order valence-electron chi connectivity index (χ4n) is 11.0. The highest BCUT2D eigenvalue weighted by atomic mass is 31.2. The van der Waals surface area contributed by atoms with Gasteiger partial charge in [0.2, 0.25) is 0 Å². The van der Waals surface area contributed by atoms with E-state index in [1.54, 1.807) is 0 Å². The summed E-state index contributed by atoms with van der Waals surface area (Å²) in [5, 5.41) is 10.6. The van der Waals surface area contributed by atoms with Crippen LogP contribution in [0.25, 0.3) is 0 Å². The first kappa shape index (κ1) is 90.1. The first-order chi connectivity index (χ1) is 44.1. The molecule has 0 spiro atoms. The quantitative estimate of drug-likeness (QED) is 0.0222. The van der Waals surface area contributed by atoms with Crippen LogP contribution in [0.15, 0.2) is 0 Å². The van der Waals surface area contributed by atoms with Gasteiger partial charge in [0.25, 0.3) is 0 Å². The Bertz CT molecular complexity index is 1820. The number of hydrogen-bond donors (Lipinski definition) is 3. The zero-order valence-corrected chi connectivity index (χ0v) is 62.0. The van der Waals surface area contributed by atoms with Gasteiger partial charge in [-0.15, -0.1) is 0 Å². The summed E-state index contributed by atoms with van der Waals surface area (Å²) >= 11 is 0. The molecule has 0 aromatic heterocycles. The van der Waals surface area contributed by atoms with Crippen molar-refractivity contribution >= 4 is 39.5 Å². The Morgan fingerprint density at radius 3 is 0.674 bits per heavy atom. The maximum atomic E-state index is 13.0. The molecule has 0 amide bonds. The predicted molar refractivity (Wildman–Crippen MR) is 372 cm³/mol. The Labute approximate surface area is 562 Å². The van der Waals surface area contributed by atoms with Gasteiger partial charge in [0, 0.05) is 25.7 Å². The molecule has 0 radical (unpaired) electrons. The lowest BCUT2D eigenvalue weighted by Crippen LogP contribution is -2.30. The molecule has 0 aromatic carbocycles. The van der Waals surface area contributed by atoms with Gasteiger partial charge in [0.15, 0.2) is 12.2 Å². The van der Waals surface area contributed by atoms with Crippen molar-refractivity contribution in [1.29, 1.82) is 0 Å². The molecule has 0 saturated carbocycles. The van der Waals surface area contributed by atoms with E-state index in [1.165, 1.54) is 161 Å². The molecule has 0 aromatic rings. The number of unbranched alkanes of at least 4 members (excludes halogenated alkanes) is 36. The van der Waals surface area contributed by atoms with Crippen LogP contribution in [0.1, 0.15) is 364 Å². The Kier molecular flexibility index (Phi) is 61.3. The van der Waals surface area contributed by atoms with Gasteiger partial charge in [-0.25, -0.2) is 9.13 Å². The van der Waals surface area contributed by atoms with Crippen molar-refractivity contribution in [3.05, 3.63) is 0 Å². The number of phosphoric ester groups is 2. The summed E-state index contributed by atoms with van der Waals surface area (Å²) in [5.74, 6) is 0.847. The van der Waals surface area contributed by atoms with E-state index in [0.717, 1.165) is 114 Å². The van der Waals surface area contributed by atoms with Gasteiger partial charge in [-0.1, -0.05) is 312 Å². The van der Waals surface area contributed by atoms with Gasteiger partial charge in [-0.3, -0.25) is 37.3 Å². The van der Waals surface area contributed by atoms with Crippen LogP contribution in [0.5, 0.6) is 0 Å². The largest absolute Gasteiger partial charge is 0.472 e. The maximum Gasteiger partial charge on any atom is 0.472 e. The Balaban J connectivity index is 5.22. The monoisotopic (exact) mass is 1350 g/mol. The number of phosphoric acid groups is 2. The fourth-order valence-corrected chi connectivity index (χ4v) is 12.6. The molecule has 17 nitrogen and oxygen atoms in total. The zero-order valence-electron chi connectivity index (χ0n) is 60.2. The molecule has 0 aliphatic carbocycles. The molecule has 0 aliphatic rings. The van der Waals surface area contributed by atoms with Crippen LogP contribution in [0, 0.1) is 23.7 Å². The number of hydrogen-bond acceptors (Lipinski definition) is 15. The third kappa shape index (κ3) is 66.7. The number of carbonyl (C=O) groups excluding carboxylic acids is 4. The second kappa shape index (κ2) is 62.6. The molecule has 0 fully saturated rings. The number of aliphatic hydroxyl groups excluding tert-OH is 1. The van der Waals surface area contributed by atoms with Gasteiger partial charge >= 0.3 is 39.5 Å². The summed E-state index contributed by atoms with van der Waals surface area (Å²) in [5.41, 5.74) is 0. The van der Waals surface area contributed by atoms with Crippen LogP contribution in [-0.2, 0) is 65.4 Å². The number of ether oxygens (including phenoxy) is 4. The minimum atomic E-state index is -4.96. The fraction of sp³-hybridized carbons (Fsp3) is 0.945. The maximum absolute atomic E-state index is 13.0. The second-order valence-corrected chi connectivity index (χ2v) is 31.1. The van der Waals surface area contributed by atoms with Crippen molar-refractivity contribution in [2.45, 2.75) is 382 Å². The molecular formula is C73H142O17P2. The smallest absolute Gasteiger partial charge is 0.462 e. The first-order valence-electron chi connectivity index (χ1n) is 37.7. The van der Waals surface area contributed by atoms with Gasteiger partial charge in [0.1, 0.15) is 19.3 Å². The van der Waals surface area contributed by atoms with Crippen LogP contribution in [-0.4, -0.2) is 96.7 Å². The van der Waals surface area contributed by atoms with Crippen LogP contribution < -0.4 is 0 Å². The van der Waals surface area contributed by atoms with E-state index in [9.17, 15) is 43.2 Å². The number of rotatable bonds is 70. The topological polar surface area (TPSA) is 237 Å². The Morgan fingerprint density at radius 1 is 0.272 bits per heavy atom. The molecular weight excluding hydrogens is 1210 g/mol. The molecule has 0 saturated heterocycles. The third-order valence-electron chi connectivity index (χ3n) is 16.8. The second-order valence-electron chi connectivity index (χ2n) is 28.2. The summed E-state index contributed by atoms with van der Waals surface area (Å²) in [4.78, 5) is 72.6. The van der Waals surface area contributed by atoms with E-state index in [1.807, 2.05) is 0 Å². The summed E-state index contributed by atoms with van der Waals surface area (Å²) in [6.07, 6.45) is 46.0. The molecule has 0 bridgehead atoms. The van der Waals surface area contributed by atoms with Crippen molar-refractivity contribution in [3.63, 3.8) is 0 Å². The lowest BCUT2D eigenvalue weighted by molar-refractivity contribution is -0.161. The van der Waals surface area contributed by atoms with Crippen LogP contribution in [0.2, 0.25) is 0 Å². The summed E-state index contributed by atoms with van der Waals surface area (Å²) in [6.45, 7) is 14.1. The van der Waals surface area contributed by atoms with Crippen molar-refractivity contribution in [1.82, 2.24) is 0 Å².